The van der Waals surface area contributed by atoms with Crippen molar-refractivity contribution in [2.45, 2.75) is 51.0 Å². The fourth-order valence-electron chi connectivity index (χ4n) is 3.36. The van der Waals surface area contributed by atoms with E-state index >= 15 is 0 Å². The molecule has 2 N–H and O–H groups in total. The van der Waals surface area contributed by atoms with Crippen LogP contribution in [0.3, 0.4) is 0 Å². The van der Waals surface area contributed by atoms with E-state index in [4.69, 9.17) is 9.47 Å². The van der Waals surface area contributed by atoms with Crippen molar-refractivity contribution >= 4 is 27.3 Å². The topological polar surface area (TPSA) is 93.7 Å². The summed E-state index contributed by atoms with van der Waals surface area (Å²) >= 11 is 0. The van der Waals surface area contributed by atoms with Crippen LogP contribution in [0.1, 0.15) is 38.8 Å². The Hall–Kier alpha value is -3.52. The molecule has 1 amide bonds. The quantitative estimate of drug-likeness (QED) is 0.429. The lowest BCUT2D eigenvalue weighted by Crippen LogP contribution is -2.30. The van der Waals surface area contributed by atoms with Gasteiger partial charge >= 0.3 is 0 Å². The number of sulfonamides is 1. The van der Waals surface area contributed by atoms with Crippen molar-refractivity contribution in [3.05, 3.63) is 77.9 Å². The van der Waals surface area contributed by atoms with Crippen LogP contribution in [0.2, 0.25) is 0 Å². The zero-order valence-corrected chi connectivity index (χ0v) is 21.7. The first-order chi connectivity index (χ1) is 16.4. The molecule has 0 bridgehead atoms. The summed E-state index contributed by atoms with van der Waals surface area (Å²) in [5, 5.41) is 2.75. The molecule has 0 aliphatic rings. The van der Waals surface area contributed by atoms with E-state index in [0.29, 0.717) is 22.9 Å². The summed E-state index contributed by atoms with van der Waals surface area (Å²) < 4.78 is 39.2. The van der Waals surface area contributed by atoms with Gasteiger partial charge in [-0.05, 0) is 78.9 Å². The minimum atomic E-state index is -3.85. The monoisotopic (exact) mass is 496 g/mol. The number of rotatable bonds is 8. The molecule has 35 heavy (non-hydrogen) atoms. The number of methoxy groups -OCH3 is 1. The van der Waals surface area contributed by atoms with Crippen molar-refractivity contribution in [1.82, 2.24) is 0 Å². The lowest BCUT2D eigenvalue weighted by molar-refractivity contribution is -0.122. The van der Waals surface area contributed by atoms with Crippen LogP contribution in [-0.2, 0) is 20.2 Å². The molecule has 0 saturated heterocycles. The van der Waals surface area contributed by atoms with Gasteiger partial charge in [-0.3, -0.25) is 9.52 Å². The lowest BCUT2D eigenvalue weighted by Gasteiger charge is -2.20. The second-order valence-electron chi connectivity index (χ2n) is 9.36. The van der Waals surface area contributed by atoms with E-state index in [1.54, 1.807) is 19.1 Å². The zero-order chi connectivity index (χ0) is 25.8. The molecule has 0 aromatic heterocycles. The van der Waals surface area contributed by atoms with Gasteiger partial charge in [0.05, 0.1) is 17.7 Å². The molecule has 0 aliphatic carbocycles. The van der Waals surface area contributed by atoms with Gasteiger partial charge in [-0.25, -0.2) is 8.42 Å². The molecular formula is C27H32N2O5S. The fourth-order valence-corrected chi connectivity index (χ4v) is 4.42. The number of amides is 1. The van der Waals surface area contributed by atoms with E-state index < -0.39 is 16.1 Å². The van der Waals surface area contributed by atoms with Gasteiger partial charge < -0.3 is 14.8 Å². The van der Waals surface area contributed by atoms with Gasteiger partial charge in [0.15, 0.2) is 6.10 Å². The average Bonchev–Trinajstić information content (AvgIpc) is 2.79. The molecule has 3 aromatic carbocycles. The number of benzene rings is 3. The number of anilines is 2. The van der Waals surface area contributed by atoms with Gasteiger partial charge in [-0.1, -0.05) is 39.0 Å². The molecule has 0 saturated carbocycles. The summed E-state index contributed by atoms with van der Waals surface area (Å²) in [6.45, 7) is 9.91. The first-order valence-electron chi connectivity index (χ1n) is 11.2. The van der Waals surface area contributed by atoms with E-state index in [0.717, 1.165) is 5.56 Å². The van der Waals surface area contributed by atoms with E-state index in [9.17, 15) is 13.2 Å². The van der Waals surface area contributed by atoms with E-state index in [1.807, 2.05) is 37.3 Å². The molecule has 7 nitrogen and oxygen atoms in total. The Kier molecular flexibility index (Phi) is 7.75. The molecule has 3 rings (SSSR count). The average molecular weight is 497 g/mol. The Balaban J connectivity index is 1.64. The van der Waals surface area contributed by atoms with Crippen LogP contribution < -0.4 is 19.5 Å². The molecule has 0 fully saturated rings. The highest BCUT2D eigenvalue weighted by Crippen LogP contribution is 2.28. The third-order valence-corrected chi connectivity index (χ3v) is 6.82. The minimum absolute atomic E-state index is 0.0305. The van der Waals surface area contributed by atoms with E-state index in [1.165, 1.54) is 36.9 Å². The van der Waals surface area contributed by atoms with Crippen molar-refractivity contribution in [3.8, 4) is 11.5 Å². The highest BCUT2D eigenvalue weighted by Gasteiger charge is 2.19. The molecule has 0 spiro atoms. The van der Waals surface area contributed by atoms with Crippen molar-refractivity contribution in [2.75, 3.05) is 17.1 Å². The van der Waals surface area contributed by atoms with Crippen molar-refractivity contribution in [2.24, 2.45) is 0 Å². The molecule has 0 aliphatic heterocycles. The Morgan fingerprint density at radius 3 is 2.14 bits per heavy atom. The number of ether oxygens (including phenoxy) is 2. The zero-order valence-electron chi connectivity index (χ0n) is 20.9. The van der Waals surface area contributed by atoms with E-state index in [2.05, 4.69) is 30.8 Å². The van der Waals surface area contributed by atoms with Crippen LogP contribution in [0.15, 0.2) is 71.6 Å². The van der Waals surface area contributed by atoms with Crippen LogP contribution >= 0.6 is 0 Å². The van der Waals surface area contributed by atoms with Gasteiger partial charge in [-0.2, -0.15) is 0 Å². The minimum Gasteiger partial charge on any atom is -0.495 e. The summed E-state index contributed by atoms with van der Waals surface area (Å²) in [7, 11) is -2.37. The Morgan fingerprint density at radius 2 is 1.57 bits per heavy atom. The highest BCUT2D eigenvalue weighted by atomic mass is 32.2. The van der Waals surface area contributed by atoms with Gasteiger partial charge in [-0.15, -0.1) is 0 Å². The normalized spacial score (nSPS) is 12.5. The molecular weight excluding hydrogens is 464 g/mol. The summed E-state index contributed by atoms with van der Waals surface area (Å²) in [6, 6.07) is 18.8. The number of carbonyl (C=O) groups is 1. The second kappa shape index (κ2) is 10.4. The largest absolute Gasteiger partial charge is 0.495 e. The van der Waals surface area contributed by atoms with Crippen LogP contribution in [0.4, 0.5) is 11.4 Å². The lowest BCUT2D eigenvalue weighted by atomic mass is 9.87. The van der Waals surface area contributed by atoms with Gasteiger partial charge in [0.2, 0.25) is 0 Å². The van der Waals surface area contributed by atoms with Crippen LogP contribution in [0, 0.1) is 6.92 Å². The molecule has 3 aromatic rings. The molecule has 0 unspecified atom stereocenters. The van der Waals surface area contributed by atoms with Gasteiger partial charge in [0.1, 0.15) is 11.5 Å². The number of nitrogens with one attached hydrogen (secondary N) is 2. The smallest absolute Gasteiger partial charge is 0.265 e. The third-order valence-electron chi connectivity index (χ3n) is 5.43. The number of hydrogen-bond acceptors (Lipinski definition) is 5. The summed E-state index contributed by atoms with van der Waals surface area (Å²) in [4.78, 5) is 12.6. The predicted octanol–water partition coefficient (Wildman–Crippen LogP) is 5.51. The Labute approximate surface area is 207 Å². The van der Waals surface area contributed by atoms with Crippen molar-refractivity contribution in [1.29, 1.82) is 0 Å². The SMILES string of the molecule is COc1ccc(C)cc1NS(=O)(=O)c1ccc(NC(=O)[C@@H](C)Oc2ccc(C(C)(C)C)cc2)cc1. The fraction of sp³-hybridized carbons (Fsp3) is 0.296. The molecule has 1 atom stereocenters. The second-order valence-corrected chi connectivity index (χ2v) is 11.0. The van der Waals surface area contributed by atoms with Gasteiger partial charge in [0.25, 0.3) is 15.9 Å². The van der Waals surface area contributed by atoms with Crippen LogP contribution in [0.5, 0.6) is 11.5 Å². The van der Waals surface area contributed by atoms with Gasteiger partial charge in [0, 0.05) is 5.69 Å². The molecule has 8 heteroatoms. The predicted molar refractivity (Wildman–Crippen MR) is 139 cm³/mol. The van der Waals surface area contributed by atoms with Crippen molar-refractivity contribution < 1.29 is 22.7 Å². The maximum absolute atomic E-state index is 12.8. The standard InChI is InChI=1S/C27H32N2O5S/c1-18-7-16-25(33-6)24(17-18)29-35(31,32)23-14-10-21(11-15-23)28-26(30)19(2)34-22-12-8-20(9-13-22)27(3,4)5/h7-17,19,29H,1-6H3,(H,28,30)/t19-/m1/s1. The number of aryl methyl sites for hydroxylation is 1. The molecule has 0 heterocycles. The maximum Gasteiger partial charge on any atom is 0.265 e. The molecule has 0 radical (unpaired) electrons. The number of hydrogen-bond donors (Lipinski definition) is 2. The summed E-state index contributed by atoms with van der Waals surface area (Å²) in [5.41, 5.74) is 2.91. The summed E-state index contributed by atoms with van der Waals surface area (Å²) in [6.07, 6.45) is -0.741. The Morgan fingerprint density at radius 1 is 0.943 bits per heavy atom. The first kappa shape index (κ1) is 26.1. The van der Waals surface area contributed by atoms with Crippen molar-refractivity contribution in [3.63, 3.8) is 0 Å². The third kappa shape index (κ3) is 6.76. The van der Waals surface area contributed by atoms with E-state index in [-0.39, 0.29) is 16.2 Å². The first-order valence-corrected chi connectivity index (χ1v) is 12.7. The highest BCUT2D eigenvalue weighted by molar-refractivity contribution is 7.92. The van der Waals surface area contributed by atoms with Crippen LogP contribution in [-0.4, -0.2) is 27.5 Å². The molecule has 186 valence electrons. The summed E-state index contributed by atoms with van der Waals surface area (Å²) in [5.74, 6) is 0.674. The number of carbonyl (C=O) groups excluding carboxylic acids is 1. The van der Waals surface area contributed by atoms with Crippen LogP contribution in [0.25, 0.3) is 0 Å². The Bertz CT molecular complexity index is 1280. The maximum atomic E-state index is 12.8.